The summed E-state index contributed by atoms with van der Waals surface area (Å²) in [7, 11) is -0.830. The Bertz CT molecular complexity index is 667. The number of methoxy groups -OCH3 is 2. The van der Waals surface area contributed by atoms with Gasteiger partial charge in [0.2, 0.25) is 10.0 Å². The predicted molar refractivity (Wildman–Crippen MR) is 70.1 cm³/mol. The zero-order valence-corrected chi connectivity index (χ0v) is 11.8. The van der Waals surface area contributed by atoms with E-state index in [1.165, 1.54) is 39.0 Å². The third kappa shape index (κ3) is 3.09. The average Bonchev–Trinajstić information content (AvgIpc) is 2.97. The molecule has 1 aromatic carbocycles. The molecule has 1 aromatic heterocycles. The van der Waals surface area contributed by atoms with Crippen LogP contribution in [0.2, 0.25) is 0 Å². The molecule has 0 bridgehead atoms. The molecule has 0 fully saturated rings. The maximum atomic E-state index is 12.2. The number of hydrogen-bond donors (Lipinski definition) is 1. The van der Waals surface area contributed by atoms with Crippen molar-refractivity contribution in [1.29, 1.82) is 0 Å². The second-order valence-electron chi connectivity index (χ2n) is 3.82. The fourth-order valence-corrected chi connectivity index (χ4v) is 2.72. The summed E-state index contributed by atoms with van der Waals surface area (Å²) in [4.78, 5) is 3.87. The number of hydrogen-bond acceptors (Lipinski definition) is 6. The molecule has 0 aliphatic carbocycles. The fraction of sp³-hybridized carbons (Fsp3) is 0.250. The minimum absolute atomic E-state index is 0.0318. The van der Waals surface area contributed by atoms with Crippen molar-refractivity contribution in [1.82, 2.24) is 9.71 Å². The third-order valence-electron chi connectivity index (χ3n) is 2.59. The molecular formula is C12H14N2O5S. The zero-order valence-electron chi connectivity index (χ0n) is 11.0. The van der Waals surface area contributed by atoms with Crippen molar-refractivity contribution in [3.63, 3.8) is 0 Å². The monoisotopic (exact) mass is 298 g/mol. The van der Waals surface area contributed by atoms with Gasteiger partial charge < -0.3 is 13.9 Å². The minimum atomic E-state index is -3.72. The fourth-order valence-electron chi connectivity index (χ4n) is 1.57. The number of benzene rings is 1. The van der Waals surface area contributed by atoms with Crippen LogP contribution in [-0.4, -0.2) is 27.6 Å². The Morgan fingerprint density at radius 3 is 2.70 bits per heavy atom. The second-order valence-corrected chi connectivity index (χ2v) is 5.56. The van der Waals surface area contributed by atoms with Crippen LogP contribution in [0.15, 0.2) is 40.2 Å². The number of nitrogens with one attached hydrogen (secondary N) is 1. The van der Waals surface area contributed by atoms with Gasteiger partial charge in [-0.3, -0.25) is 0 Å². The van der Waals surface area contributed by atoms with E-state index in [2.05, 4.69) is 9.71 Å². The lowest BCUT2D eigenvalue weighted by molar-refractivity contribution is 0.386. The zero-order chi connectivity index (χ0) is 14.6. The number of rotatable bonds is 6. The highest BCUT2D eigenvalue weighted by atomic mass is 32.2. The molecule has 2 rings (SSSR count). The Kier molecular flexibility index (Phi) is 4.26. The van der Waals surface area contributed by atoms with Gasteiger partial charge in [-0.15, -0.1) is 0 Å². The van der Waals surface area contributed by atoms with Crippen LogP contribution in [0.4, 0.5) is 0 Å². The SMILES string of the molecule is COc1ccc(S(=O)(=O)NCc2cocn2)c(OC)c1. The summed E-state index contributed by atoms with van der Waals surface area (Å²) in [6.45, 7) is 0.0357. The summed E-state index contributed by atoms with van der Waals surface area (Å²) >= 11 is 0. The molecule has 0 saturated carbocycles. The van der Waals surface area contributed by atoms with Gasteiger partial charge in [0, 0.05) is 6.07 Å². The van der Waals surface area contributed by atoms with Gasteiger partial charge in [-0.05, 0) is 12.1 Å². The largest absolute Gasteiger partial charge is 0.497 e. The summed E-state index contributed by atoms with van der Waals surface area (Å²) in [5.41, 5.74) is 0.487. The molecule has 0 spiro atoms. The smallest absolute Gasteiger partial charge is 0.244 e. The van der Waals surface area contributed by atoms with E-state index < -0.39 is 10.0 Å². The molecule has 0 saturated heterocycles. The molecular weight excluding hydrogens is 284 g/mol. The highest BCUT2D eigenvalue weighted by molar-refractivity contribution is 7.89. The molecule has 1 N–H and O–H groups in total. The Balaban J connectivity index is 2.24. The first-order chi connectivity index (χ1) is 9.56. The third-order valence-corrected chi connectivity index (χ3v) is 4.03. The van der Waals surface area contributed by atoms with Gasteiger partial charge >= 0.3 is 0 Å². The molecule has 2 aromatic rings. The van der Waals surface area contributed by atoms with Crippen LogP contribution in [0.3, 0.4) is 0 Å². The average molecular weight is 298 g/mol. The number of sulfonamides is 1. The number of ether oxygens (including phenoxy) is 2. The molecule has 0 unspecified atom stereocenters. The summed E-state index contributed by atoms with van der Waals surface area (Å²) in [6, 6.07) is 4.47. The van der Waals surface area contributed by atoms with E-state index in [9.17, 15) is 8.42 Å². The summed E-state index contributed by atoms with van der Waals surface area (Å²) in [5, 5.41) is 0. The van der Waals surface area contributed by atoms with Gasteiger partial charge in [0.25, 0.3) is 0 Å². The minimum Gasteiger partial charge on any atom is -0.497 e. The lowest BCUT2D eigenvalue weighted by Crippen LogP contribution is -2.23. The molecule has 108 valence electrons. The van der Waals surface area contributed by atoms with Crippen molar-refractivity contribution < 1.29 is 22.3 Å². The van der Waals surface area contributed by atoms with Crippen molar-refractivity contribution >= 4 is 10.0 Å². The molecule has 7 nitrogen and oxygen atoms in total. The standard InChI is InChI=1S/C12H14N2O5S/c1-17-10-3-4-12(11(5-10)18-2)20(15,16)14-6-9-7-19-8-13-9/h3-5,7-8,14H,6H2,1-2H3. The Morgan fingerprint density at radius 1 is 1.30 bits per heavy atom. The Labute approximate surface area is 116 Å². The van der Waals surface area contributed by atoms with E-state index >= 15 is 0 Å². The first-order valence-electron chi connectivity index (χ1n) is 5.65. The predicted octanol–water partition coefficient (Wildman–Crippen LogP) is 1.17. The van der Waals surface area contributed by atoms with Crippen LogP contribution in [0.5, 0.6) is 11.5 Å². The van der Waals surface area contributed by atoms with Gasteiger partial charge in [0.1, 0.15) is 22.7 Å². The van der Waals surface area contributed by atoms with Gasteiger partial charge in [0.05, 0.1) is 26.5 Å². The van der Waals surface area contributed by atoms with E-state index in [4.69, 9.17) is 13.9 Å². The molecule has 1 heterocycles. The van der Waals surface area contributed by atoms with E-state index in [-0.39, 0.29) is 17.2 Å². The summed E-state index contributed by atoms with van der Waals surface area (Å²) in [5.74, 6) is 0.717. The van der Waals surface area contributed by atoms with Gasteiger partial charge in [-0.2, -0.15) is 0 Å². The van der Waals surface area contributed by atoms with Crippen molar-refractivity contribution in [2.45, 2.75) is 11.4 Å². The maximum absolute atomic E-state index is 12.2. The molecule has 20 heavy (non-hydrogen) atoms. The van der Waals surface area contributed by atoms with Crippen LogP contribution in [0.1, 0.15) is 5.69 Å². The number of oxazole rings is 1. The lowest BCUT2D eigenvalue weighted by atomic mass is 10.3. The number of nitrogens with zero attached hydrogens (tertiary/aromatic N) is 1. The molecule has 0 atom stereocenters. The topological polar surface area (TPSA) is 90.7 Å². The van der Waals surface area contributed by atoms with Crippen molar-refractivity contribution in [3.05, 3.63) is 36.5 Å². The highest BCUT2D eigenvalue weighted by Crippen LogP contribution is 2.28. The van der Waals surface area contributed by atoms with Crippen LogP contribution in [0.25, 0.3) is 0 Å². The summed E-state index contributed by atoms with van der Waals surface area (Å²) in [6.07, 6.45) is 2.60. The Morgan fingerprint density at radius 2 is 2.10 bits per heavy atom. The van der Waals surface area contributed by atoms with Crippen LogP contribution < -0.4 is 14.2 Å². The Hall–Kier alpha value is -2.06. The van der Waals surface area contributed by atoms with Gasteiger partial charge in [-0.1, -0.05) is 0 Å². The van der Waals surface area contributed by atoms with Crippen LogP contribution in [0, 0.1) is 0 Å². The maximum Gasteiger partial charge on any atom is 0.244 e. The number of aromatic nitrogens is 1. The first kappa shape index (κ1) is 14.4. The molecule has 0 aliphatic rings. The summed E-state index contributed by atoms with van der Waals surface area (Å²) < 4.78 is 41.7. The van der Waals surface area contributed by atoms with Crippen LogP contribution in [-0.2, 0) is 16.6 Å². The first-order valence-corrected chi connectivity index (χ1v) is 7.14. The molecule has 0 aliphatic heterocycles. The van der Waals surface area contributed by atoms with Crippen molar-refractivity contribution in [2.24, 2.45) is 0 Å². The normalized spacial score (nSPS) is 11.3. The molecule has 0 radical (unpaired) electrons. The van der Waals surface area contributed by atoms with Crippen molar-refractivity contribution in [2.75, 3.05) is 14.2 Å². The molecule has 0 amide bonds. The van der Waals surface area contributed by atoms with Crippen LogP contribution >= 0.6 is 0 Å². The van der Waals surface area contributed by atoms with E-state index in [1.807, 2.05) is 0 Å². The van der Waals surface area contributed by atoms with Crippen molar-refractivity contribution in [3.8, 4) is 11.5 Å². The van der Waals surface area contributed by atoms with Gasteiger partial charge in [-0.25, -0.2) is 18.1 Å². The lowest BCUT2D eigenvalue weighted by Gasteiger charge is -2.11. The van der Waals surface area contributed by atoms with Gasteiger partial charge in [0.15, 0.2) is 6.39 Å². The second kappa shape index (κ2) is 5.93. The quantitative estimate of drug-likeness (QED) is 0.861. The van der Waals surface area contributed by atoms with E-state index in [0.29, 0.717) is 11.4 Å². The van der Waals surface area contributed by atoms with E-state index in [1.54, 1.807) is 6.07 Å². The molecule has 8 heteroatoms. The van der Waals surface area contributed by atoms with E-state index in [0.717, 1.165) is 0 Å². The highest BCUT2D eigenvalue weighted by Gasteiger charge is 2.20.